The number of carbonyl (C=O) groups is 1. The summed E-state index contributed by atoms with van der Waals surface area (Å²) in [5.41, 5.74) is 0.646. The third-order valence-corrected chi connectivity index (χ3v) is 6.44. The molecule has 1 aliphatic carbocycles. The summed E-state index contributed by atoms with van der Waals surface area (Å²) in [6, 6.07) is 2.95. The van der Waals surface area contributed by atoms with Gasteiger partial charge in [0.15, 0.2) is 0 Å². The second kappa shape index (κ2) is 5.56. The molecule has 116 valence electrons. The van der Waals surface area contributed by atoms with Gasteiger partial charge in [0.2, 0.25) is 0 Å². The molecule has 0 atom stereocenters. The standard InChI is InChI=1S/C14H17BrClNO3S/c1-8-6-9(7-11(12(8)15)21(16,19)20)13(18)17-14(2,3)10-4-5-10/h6-7,10H,4-5H2,1-3H3,(H,17,18). The van der Waals surface area contributed by atoms with E-state index in [9.17, 15) is 13.2 Å². The fourth-order valence-corrected chi connectivity index (χ4v) is 4.47. The second-order valence-electron chi connectivity index (χ2n) is 5.99. The zero-order chi connectivity index (χ0) is 16.0. The lowest BCUT2D eigenvalue weighted by Gasteiger charge is -2.26. The molecule has 1 N–H and O–H groups in total. The molecular weight excluding hydrogens is 378 g/mol. The predicted octanol–water partition coefficient (Wildman–Crippen LogP) is 3.60. The van der Waals surface area contributed by atoms with Gasteiger partial charge in [-0.2, -0.15) is 0 Å². The van der Waals surface area contributed by atoms with Crippen LogP contribution in [0.2, 0.25) is 0 Å². The fourth-order valence-electron chi connectivity index (χ4n) is 2.32. The quantitative estimate of drug-likeness (QED) is 0.794. The Hall–Kier alpha value is -0.590. The Morgan fingerprint density at radius 2 is 1.95 bits per heavy atom. The molecule has 0 spiro atoms. The summed E-state index contributed by atoms with van der Waals surface area (Å²) in [7, 11) is 1.50. The number of rotatable bonds is 4. The van der Waals surface area contributed by atoms with Crippen LogP contribution in [0.15, 0.2) is 21.5 Å². The van der Waals surface area contributed by atoms with Crippen molar-refractivity contribution in [3.63, 3.8) is 0 Å². The van der Waals surface area contributed by atoms with E-state index in [0.717, 1.165) is 12.8 Å². The zero-order valence-corrected chi connectivity index (χ0v) is 15.2. The minimum absolute atomic E-state index is 0.0847. The van der Waals surface area contributed by atoms with Crippen LogP contribution in [0, 0.1) is 12.8 Å². The molecule has 0 unspecified atom stereocenters. The summed E-state index contributed by atoms with van der Waals surface area (Å²) in [5, 5.41) is 2.97. The van der Waals surface area contributed by atoms with E-state index < -0.39 is 9.05 Å². The number of nitrogens with one attached hydrogen (secondary N) is 1. The summed E-state index contributed by atoms with van der Waals surface area (Å²) in [6.45, 7) is 5.68. The first-order chi connectivity index (χ1) is 9.52. The van der Waals surface area contributed by atoms with Crippen molar-refractivity contribution in [2.75, 3.05) is 0 Å². The molecule has 1 fully saturated rings. The van der Waals surface area contributed by atoms with E-state index in [0.29, 0.717) is 21.5 Å². The van der Waals surface area contributed by atoms with Crippen LogP contribution in [0.1, 0.15) is 42.6 Å². The third-order valence-electron chi connectivity index (χ3n) is 3.78. The maximum absolute atomic E-state index is 12.4. The molecule has 2 rings (SSSR count). The summed E-state index contributed by atoms with van der Waals surface area (Å²) >= 11 is 3.20. The van der Waals surface area contributed by atoms with Crippen molar-refractivity contribution in [1.29, 1.82) is 0 Å². The number of hydrogen-bond acceptors (Lipinski definition) is 3. The van der Waals surface area contributed by atoms with E-state index >= 15 is 0 Å². The molecule has 0 heterocycles. The zero-order valence-electron chi connectivity index (χ0n) is 12.0. The van der Waals surface area contributed by atoms with Gasteiger partial charge in [0.05, 0.1) is 4.90 Å². The lowest BCUT2D eigenvalue weighted by molar-refractivity contribution is 0.0903. The Labute approximate surface area is 137 Å². The number of amides is 1. The molecule has 0 bridgehead atoms. The fraction of sp³-hybridized carbons (Fsp3) is 0.500. The number of hydrogen-bond donors (Lipinski definition) is 1. The number of carbonyl (C=O) groups excluding carboxylic acids is 1. The van der Waals surface area contributed by atoms with Crippen molar-refractivity contribution < 1.29 is 13.2 Å². The maximum atomic E-state index is 12.4. The molecular formula is C14H17BrClNO3S. The van der Waals surface area contributed by atoms with Gasteiger partial charge < -0.3 is 5.32 Å². The first-order valence-corrected chi connectivity index (χ1v) is 9.70. The van der Waals surface area contributed by atoms with Crippen LogP contribution in [0.25, 0.3) is 0 Å². The highest BCUT2D eigenvalue weighted by Gasteiger charge is 2.39. The molecule has 1 aromatic carbocycles. The molecule has 1 saturated carbocycles. The Kier molecular flexibility index (Phi) is 4.44. The van der Waals surface area contributed by atoms with Crippen LogP contribution < -0.4 is 5.32 Å². The Balaban J connectivity index is 2.36. The van der Waals surface area contributed by atoms with Gasteiger partial charge >= 0.3 is 0 Å². The SMILES string of the molecule is Cc1cc(C(=O)NC(C)(C)C2CC2)cc(S(=O)(=O)Cl)c1Br. The van der Waals surface area contributed by atoms with Crippen LogP contribution in [0.3, 0.4) is 0 Å². The van der Waals surface area contributed by atoms with Gasteiger partial charge in [-0.1, -0.05) is 0 Å². The van der Waals surface area contributed by atoms with E-state index in [-0.39, 0.29) is 16.3 Å². The van der Waals surface area contributed by atoms with Crippen LogP contribution in [0.4, 0.5) is 0 Å². The van der Waals surface area contributed by atoms with Crippen LogP contribution >= 0.6 is 26.6 Å². The number of aryl methyl sites for hydroxylation is 1. The normalized spacial score (nSPS) is 15.9. The topological polar surface area (TPSA) is 63.2 Å². The van der Waals surface area contributed by atoms with Crippen molar-refractivity contribution in [2.45, 2.75) is 44.0 Å². The van der Waals surface area contributed by atoms with Crippen LogP contribution in [-0.2, 0) is 9.05 Å². The van der Waals surface area contributed by atoms with Crippen LogP contribution in [0.5, 0.6) is 0 Å². The maximum Gasteiger partial charge on any atom is 0.262 e. The van der Waals surface area contributed by atoms with Crippen molar-refractivity contribution >= 4 is 41.6 Å². The van der Waals surface area contributed by atoms with E-state index in [1.54, 1.807) is 13.0 Å². The van der Waals surface area contributed by atoms with E-state index in [4.69, 9.17) is 10.7 Å². The lowest BCUT2D eigenvalue weighted by Crippen LogP contribution is -2.45. The van der Waals surface area contributed by atoms with Crippen molar-refractivity contribution in [1.82, 2.24) is 5.32 Å². The number of benzene rings is 1. The monoisotopic (exact) mass is 393 g/mol. The van der Waals surface area contributed by atoms with Gasteiger partial charge in [0, 0.05) is 26.3 Å². The summed E-state index contributed by atoms with van der Waals surface area (Å²) in [5.74, 6) is 0.193. The predicted molar refractivity (Wildman–Crippen MR) is 86.2 cm³/mol. The highest BCUT2D eigenvalue weighted by Crippen LogP contribution is 2.39. The molecule has 21 heavy (non-hydrogen) atoms. The van der Waals surface area contributed by atoms with Gasteiger partial charge in [-0.3, -0.25) is 4.79 Å². The van der Waals surface area contributed by atoms with Gasteiger partial charge in [-0.15, -0.1) is 0 Å². The molecule has 0 aliphatic heterocycles. The summed E-state index contributed by atoms with van der Waals surface area (Å²) in [6.07, 6.45) is 2.21. The largest absolute Gasteiger partial charge is 0.347 e. The Morgan fingerprint density at radius 3 is 2.43 bits per heavy atom. The Morgan fingerprint density at radius 1 is 1.38 bits per heavy atom. The van der Waals surface area contributed by atoms with Gasteiger partial charge in [-0.05, 0) is 73.2 Å². The van der Waals surface area contributed by atoms with Crippen molar-refractivity contribution in [3.8, 4) is 0 Å². The lowest BCUT2D eigenvalue weighted by atomic mass is 9.98. The minimum Gasteiger partial charge on any atom is -0.347 e. The molecule has 1 aromatic rings. The van der Waals surface area contributed by atoms with E-state index in [2.05, 4.69) is 21.2 Å². The molecule has 1 aliphatic rings. The third kappa shape index (κ3) is 3.79. The van der Waals surface area contributed by atoms with Gasteiger partial charge in [0.25, 0.3) is 15.0 Å². The molecule has 1 amide bonds. The first kappa shape index (κ1) is 16.8. The number of halogens is 2. The molecule has 0 radical (unpaired) electrons. The first-order valence-electron chi connectivity index (χ1n) is 6.59. The van der Waals surface area contributed by atoms with Gasteiger partial charge in [0.1, 0.15) is 0 Å². The molecule has 7 heteroatoms. The van der Waals surface area contributed by atoms with Crippen molar-refractivity contribution in [3.05, 3.63) is 27.7 Å². The van der Waals surface area contributed by atoms with E-state index in [1.165, 1.54) is 6.07 Å². The average Bonchev–Trinajstić information content (AvgIpc) is 3.14. The minimum atomic E-state index is -3.91. The smallest absolute Gasteiger partial charge is 0.262 e. The van der Waals surface area contributed by atoms with Crippen molar-refractivity contribution in [2.24, 2.45) is 5.92 Å². The van der Waals surface area contributed by atoms with E-state index in [1.807, 2.05) is 13.8 Å². The highest BCUT2D eigenvalue weighted by atomic mass is 79.9. The molecule has 4 nitrogen and oxygen atoms in total. The highest BCUT2D eigenvalue weighted by molar-refractivity contribution is 9.10. The van der Waals surface area contributed by atoms with Gasteiger partial charge in [-0.25, -0.2) is 8.42 Å². The summed E-state index contributed by atoms with van der Waals surface area (Å²) in [4.78, 5) is 12.3. The Bertz CT molecular complexity index is 696. The molecule has 0 saturated heterocycles. The second-order valence-corrected chi connectivity index (χ2v) is 9.32. The molecule has 0 aromatic heterocycles. The van der Waals surface area contributed by atoms with Crippen LogP contribution in [-0.4, -0.2) is 19.9 Å². The average molecular weight is 395 g/mol. The summed E-state index contributed by atoms with van der Waals surface area (Å²) < 4.78 is 23.6.